The van der Waals surface area contributed by atoms with Gasteiger partial charge in [-0.05, 0) is 32.0 Å². The topological polar surface area (TPSA) is 65.5 Å². The molecule has 0 saturated carbocycles. The minimum atomic E-state index is -0.192. The number of hydrogen-bond donors (Lipinski definition) is 3. The average Bonchev–Trinajstić information content (AvgIpc) is 2.44. The predicted octanol–water partition coefficient (Wildman–Crippen LogP) is 2.30. The van der Waals surface area contributed by atoms with E-state index in [2.05, 4.69) is 20.9 Å². The zero-order valence-corrected chi connectivity index (χ0v) is 13.8. The smallest absolute Gasteiger partial charge is 0.251 e. The molecular formula is C14H20Cl2N4O. The van der Waals surface area contributed by atoms with Crippen molar-refractivity contribution in [2.24, 2.45) is 4.99 Å². The molecule has 0 aliphatic heterocycles. The normalized spacial score (nSPS) is 11.4. The van der Waals surface area contributed by atoms with Crippen LogP contribution < -0.4 is 16.0 Å². The number of halogens is 2. The van der Waals surface area contributed by atoms with E-state index in [1.165, 1.54) is 0 Å². The Hall–Kier alpha value is -1.46. The summed E-state index contributed by atoms with van der Waals surface area (Å²) in [5, 5.41) is 9.85. The van der Waals surface area contributed by atoms with Gasteiger partial charge in [0.15, 0.2) is 5.96 Å². The van der Waals surface area contributed by atoms with Gasteiger partial charge in [0, 0.05) is 31.7 Å². The Labute approximate surface area is 135 Å². The molecule has 0 aliphatic rings. The molecule has 0 spiro atoms. The number of nitrogens with one attached hydrogen (secondary N) is 3. The Balaban J connectivity index is 2.38. The van der Waals surface area contributed by atoms with Crippen LogP contribution in [0, 0.1) is 0 Å². The Kier molecular flexibility index (Phi) is 7.32. The number of carbonyl (C=O) groups excluding carboxylic acids is 1. The molecule has 3 N–H and O–H groups in total. The van der Waals surface area contributed by atoms with E-state index in [-0.39, 0.29) is 5.91 Å². The summed E-state index contributed by atoms with van der Waals surface area (Å²) in [5.74, 6) is 0.510. The van der Waals surface area contributed by atoms with E-state index >= 15 is 0 Å². The van der Waals surface area contributed by atoms with Gasteiger partial charge in [-0.2, -0.15) is 0 Å². The Morgan fingerprint density at radius 3 is 2.43 bits per heavy atom. The molecule has 5 nitrogen and oxygen atoms in total. The van der Waals surface area contributed by atoms with Crippen molar-refractivity contribution in [3.05, 3.63) is 33.8 Å². The van der Waals surface area contributed by atoms with Crippen LogP contribution in [0.5, 0.6) is 0 Å². The van der Waals surface area contributed by atoms with Crippen LogP contribution in [0.15, 0.2) is 23.2 Å². The highest BCUT2D eigenvalue weighted by Gasteiger charge is 2.07. The molecule has 0 atom stereocenters. The van der Waals surface area contributed by atoms with Gasteiger partial charge in [0.25, 0.3) is 5.91 Å². The van der Waals surface area contributed by atoms with Gasteiger partial charge >= 0.3 is 0 Å². The van der Waals surface area contributed by atoms with E-state index in [1.807, 2.05) is 13.8 Å². The SMILES string of the molecule is CN=C(NCCNC(=O)c1ccc(Cl)c(Cl)c1)NC(C)C. The predicted molar refractivity (Wildman–Crippen MR) is 88.4 cm³/mol. The second-order valence-corrected chi connectivity index (χ2v) is 5.50. The molecule has 1 amide bonds. The molecule has 0 heterocycles. The van der Waals surface area contributed by atoms with Gasteiger partial charge in [0.2, 0.25) is 0 Å². The summed E-state index contributed by atoms with van der Waals surface area (Å²) in [4.78, 5) is 16.0. The third-order valence-corrected chi connectivity index (χ3v) is 3.27. The zero-order chi connectivity index (χ0) is 15.8. The van der Waals surface area contributed by atoms with Crippen LogP contribution >= 0.6 is 23.2 Å². The third-order valence-electron chi connectivity index (χ3n) is 2.53. The Morgan fingerprint density at radius 2 is 1.86 bits per heavy atom. The molecule has 116 valence electrons. The van der Waals surface area contributed by atoms with Crippen molar-refractivity contribution in [1.82, 2.24) is 16.0 Å². The van der Waals surface area contributed by atoms with Crippen molar-refractivity contribution in [2.75, 3.05) is 20.1 Å². The maximum Gasteiger partial charge on any atom is 0.251 e. The summed E-state index contributed by atoms with van der Waals surface area (Å²) in [6.07, 6.45) is 0. The largest absolute Gasteiger partial charge is 0.355 e. The molecule has 21 heavy (non-hydrogen) atoms. The number of guanidine groups is 1. The standard InChI is InChI=1S/C14H20Cl2N4O/c1-9(2)20-14(17-3)19-7-6-18-13(21)10-4-5-11(15)12(16)8-10/h4-5,8-9H,6-7H2,1-3H3,(H,18,21)(H2,17,19,20). The minimum absolute atomic E-state index is 0.192. The molecule has 1 aromatic rings. The van der Waals surface area contributed by atoms with Gasteiger partial charge in [-0.25, -0.2) is 0 Å². The van der Waals surface area contributed by atoms with Gasteiger partial charge < -0.3 is 16.0 Å². The first-order chi connectivity index (χ1) is 9.93. The molecule has 0 fully saturated rings. The van der Waals surface area contributed by atoms with Crippen LogP contribution in [-0.2, 0) is 0 Å². The fourth-order valence-electron chi connectivity index (χ4n) is 1.56. The fraction of sp³-hybridized carbons (Fsp3) is 0.429. The highest BCUT2D eigenvalue weighted by atomic mass is 35.5. The maximum atomic E-state index is 11.9. The third kappa shape index (κ3) is 6.23. The number of hydrogen-bond acceptors (Lipinski definition) is 2. The lowest BCUT2D eigenvalue weighted by Gasteiger charge is -2.14. The van der Waals surface area contributed by atoms with Crippen molar-refractivity contribution in [3.63, 3.8) is 0 Å². The molecule has 0 aliphatic carbocycles. The average molecular weight is 331 g/mol. The first-order valence-electron chi connectivity index (χ1n) is 6.64. The van der Waals surface area contributed by atoms with Gasteiger partial charge in [-0.15, -0.1) is 0 Å². The summed E-state index contributed by atoms with van der Waals surface area (Å²) < 4.78 is 0. The van der Waals surface area contributed by atoms with Crippen LogP contribution in [0.1, 0.15) is 24.2 Å². The number of aliphatic imine (C=N–C) groups is 1. The van der Waals surface area contributed by atoms with E-state index < -0.39 is 0 Å². The number of benzene rings is 1. The summed E-state index contributed by atoms with van der Waals surface area (Å²) in [7, 11) is 1.70. The molecule has 0 unspecified atom stereocenters. The van der Waals surface area contributed by atoms with Gasteiger partial charge in [-0.3, -0.25) is 9.79 Å². The maximum absolute atomic E-state index is 11.9. The molecule has 0 bridgehead atoms. The van der Waals surface area contributed by atoms with E-state index in [0.29, 0.717) is 40.7 Å². The summed E-state index contributed by atoms with van der Waals surface area (Å²) in [6.45, 7) is 5.09. The molecule has 0 saturated heterocycles. The van der Waals surface area contributed by atoms with Crippen molar-refractivity contribution in [1.29, 1.82) is 0 Å². The number of amides is 1. The van der Waals surface area contributed by atoms with Crippen LogP contribution in [-0.4, -0.2) is 38.0 Å². The Morgan fingerprint density at radius 1 is 1.19 bits per heavy atom. The molecule has 1 rings (SSSR count). The fourth-order valence-corrected chi connectivity index (χ4v) is 1.86. The van der Waals surface area contributed by atoms with Crippen LogP contribution in [0.4, 0.5) is 0 Å². The molecule has 7 heteroatoms. The first kappa shape index (κ1) is 17.6. The van der Waals surface area contributed by atoms with Gasteiger partial charge in [-0.1, -0.05) is 23.2 Å². The van der Waals surface area contributed by atoms with E-state index in [1.54, 1.807) is 25.2 Å². The lowest BCUT2D eigenvalue weighted by molar-refractivity contribution is 0.0954. The summed E-state index contributed by atoms with van der Waals surface area (Å²) >= 11 is 11.7. The van der Waals surface area contributed by atoms with Crippen LogP contribution in [0.3, 0.4) is 0 Å². The molecular weight excluding hydrogens is 311 g/mol. The molecule has 0 aromatic heterocycles. The van der Waals surface area contributed by atoms with Crippen LogP contribution in [0.2, 0.25) is 10.0 Å². The minimum Gasteiger partial charge on any atom is -0.355 e. The lowest BCUT2D eigenvalue weighted by Crippen LogP contribution is -2.44. The second kappa shape index (κ2) is 8.74. The number of rotatable bonds is 5. The van der Waals surface area contributed by atoms with Crippen molar-refractivity contribution >= 4 is 35.1 Å². The van der Waals surface area contributed by atoms with E-state index in [0.717, 1.165) is 0 Å². The second-order valence-electron chi connectivity index (χ2n) is 4.68. The quantitative estimate of drug-likeness (QED) is 0.441. The van der Waals surface area contributed by atoms with Gasteiger partial charge in [0.1, 0.15) is 0 Å². The van der Waals surface area contributed by atoms with Crippen molar-refractivity contribution in [2.45, 2.75) is 19.9 Å². The van der Waals surface area contributed by atoms with E-state index in [4.69, 9.17) is 23.2 Å². The highest BCUT2D eigenvalue weighted by Crippen LogP contribution is 2.22. The zero-order valence-electron chi connectivity index (χ0n) is 12.3. The molecule has 1 aromatic carbocycles. The monoisotopic (exact) mass is 330 g/mol. The van der Waals surface area contributed by atoms with Gasteiger partial charge in [0.05, 0.1) is 10.0 Å². The number of carbonyl (C=O) groups is 1. The first-order valence-corrected chi connectivity index (χ1v) is 7.40. The van der Waals surface area contributed by atoms with E-state index in [9.17, 15) is 4.79 Å². The van der Waals surface area contributed by atoms with Crippen LogP contribution in [0.25, 0.3) is 0 Å². The van der Waals surface area contributed by atoms with Crippen molar-refractivity contribution in [3.8, 4) is 0 Å². The lowest BCUT2D eigenvalue weighted by atomic mass is 10.2. The van der Waals surface area contributed by atoms with Crippen molar-refractivity contribution < 1.29 is 4.79 Å². The molecule has 0 radical (unpaired) electrons. The summed E-state index contributed by atoms with van der Waals surface area (Å²) in [5.41, 5.74) is 0.481. The number of nitrogens with zero attached hydrogens (tertiary/aromatic N) is 1. The highest BCUT2D eigenvalue weighted by molar-refractivity contribution is 6.42. The summed E-state index contributed by atoms with van der Waals surface area (Å²) in [6, 6.07) is 5.08. The Bertz CT molecular complexity index is 518.